The molecule has 0 N–H and O–H groups in total. The van der Waals surface area contributed by atoms with Crippen LogP contribution < -0.4 is 0 Å². The molecule has 3 heterocycles. The Kier molecular flexibility index (Phi) is 8.42. The third-order valence-corrected chi connectivity index (χ3v) is 6.36. The van der Waals surface area contributed by atoms with Crippen molar-refractivity contribution in [2.24, 2.45) is 0 Å². The monoisotopic (exact) mass is 476 g/mol. The van der Waals surface area contributed by atoms with Crippen molar-refractivity contribution in [1.82, 2.24) is 0 Å². The average molecular weight is 477 g/mol. The lowest BCUT2D eigenvalue weighted by Gasteiger charge is -2.02. The first kappa shape index (κ1) is 24.8. The minimum Gasteiger partial charge on any atom is -0.456 e. The first-order chi connectivity index (χ1) is 17.1. The van der Waals surface area contributed by atoms with E-state index in [-0.39, 0.29) is 11.1 Å². The van der Waals surface area contributed by atoms with Crippen molar-refractivity contribution in [2.75, 3.05) is 0 Å². The molecule has 0 saturated carbocycles. The second-order valence-corrected chi connectivity index (χ2v) is 8.18. The molecule has 0 radical (unpaired) electrons. The van der Waals surface area contributed by atoms with Gasteiger partial charge in [0.1, 0.15) is 58.5 Å². The summed E-state index contributed by atoms with van der Waals surface area (Å²) in [6.45, 7) is 4.22. The predicted octanol–water partition coefficient (Wildman–Crippen LogP) is 7.37. The maximum atomic E-state index is 8.83. The van der Waals surface area contributed by atoms with Crippen LogP contribution in [0.15, 0.2) is 68.6 Å². The molecule has 170 valence electrons. The van der Waals surface area contributed by atoms with E-state index >= 15 is 0 Å². The molecule has 3 aromatic rings. The lowest BCUT2D eigenvalue weighted by Crippen LogP contribution is -1.89. The van der Waals surface area contributed by atoms with Crippen molar-refractivity contribution in [1.29, 1.82) is 21.0 Å². The molecule has 0 unspecified atom stereocenters. The van der Waals surface area contributed by atoms with Crippen LogP contribution in [-0.4, -0.2) is 0 Å². The Bertz CT molecular complexity index is 1370. The van der Waals surface area contributed by atoms with E-state index in [1.807, 2.05) is 48.5 Å². The molecule has 0 saturated heterocycles. The molecular formula is C28H20N4O2S. The number of hydrogen-bond donors (Lipinski definition) is 0. The zero-order valence-corrected chi connectivity index (χ0v) is 20.0. The van der Waals surface area contributed by atoms with Crippen LogP contribution in [0.25, 0.3) is 33.4 Å². The molecule has 0 spiro atoms. The molecule has 3 rings (SSSR count). The van der Waals surface area contributed by atoms with E-state index in [1.165, 1.54) is 23.3 Å². The van der Waals surface area contributed by atoms with Crippen LogP contribution in [0.3, 0.4) is 0 Å². The van der Waals surface area contributed by atoms with Crippen molar-refractivity contribution < 1.29 is 8.83 Å². The van der Waals surface area contributed by atoms with Gasteiger partial charge >= 0.3 is 0 Å². The molecule has 0 aromatic carbocycles. The summed E-state index contributed by atoms with van der Waals surface area (Å²) < 4.78 is 12.1. The van der Waals surface area contributed by atoms with Gasteiger partial charge in [-0.25, -0.2) is 0 Å². The molecule has 0 aliphatic heterocycles. The Hall–Kier alpha value is -4.82. The molecule has 35 heavy (non-hydrogen) atoms. The van der Waals surface area contributed by atoms with Crippen molar-refractivity contribution >= 4 is 23.5 Å². The van der Waals surface area contributed by atoms with Gasteiger partial charge in [-0.3, -0.25) is 0 Å². The standard InChI is InChI=1S/C28H20N4O2S/c1-3-23-24(4-2)28(26-14-12-22(34-26)10-6-8-20(17-31)18-32)35-27(23)25-13-11-21(33-25)9-5-7-19(15-29)16-30/h5-14H,3-4H2,1-2H3/b9-5+,10-6+. The van der Waals surface area contributed by atoms with Crippen LogP contribution in [0.5, 0.6) is 0 Å². The summed E-state index contributed by atoms with van der Waals surface area (Å²) in [5, 5.41) is 35.3. The van der Waals surface area contributed by atoms with E-state index in [4.69, 9.17) is 29.9 Å². The molecule has 7 heteroatoms. The van der Waals surface area contributed by atoms with Crippen LogP contribution in [0.2, 0.25) is 0 Å². The molecule has 0 fully saturated rings. The third-order valence-electron chi connectivity index (χ3n) is 5.05. The fraction of sp³-hybridized carbons (Fsp3) is 0.143. The third kappa shape index (κ3) is 5.76. The first-order valence-electron chi connectivity index (χ1n) is 10.8. The smallest absolute Gasteiger partial charge is 0.145 e. The zero-order valence-electron chi connectivity index (χ0n) is 19.2. The Balaban J connectivity index is 1.94. The summed E-state index contributed by atoms with van der Waals surface area (Å²) in [5.74, 6) is 2.73. The Morgan fingerprint density at radius 2 is 1.11 bits per heavy atom. The molecule has 0 aliphatic carbocycles. The highest BCUT2D eigenvalue weighted by Crippen LogP contribution is 2.44. The molecule has 0 bridgehead atoms. The van der Waals surface area contributed by atoms with Crippen LogP contribution in [0, 0.1) is 45.3 Å². The van der Waals surface area contributed by atoms with Crippen molar-refractivity contribution in [3.05, 3.63) is 82.4 Å². The highest BCUT2D eigenvalue weighted by atomic mass is 32.1. The molecular weight excluding hydrogens is 456 g/mol. The Morgan fingerprint density at radius 3 is 1.46 bits per heavy atom. The van der Waals surface area contributed by atoms with Gasteiger partial charge in [-0.1, -0.05) is 26.0 Å². The van der Waals surface area contributed by atoms with Gasteiger partial charge in [0.15, 0.2) is 0 Å². The molecule has 0 atom stereocenters. The fourth-order valence-corrected chi connectivity index (χ4v) is 4.86. The topological polar surface area (TPSA) is 121 Å². The van der Waals surface area contributed by atoms with Crippen LogP contribution in [0.1, 0.15) is 36.5 Å². The number of rotatable bonds is 8. The predicted molar refractivity (Wildman–Crippen MR) is 135 cm³/mol. The number of thiophene rings is 1. The number of nitrogens with zero attached hydrogens (tertiary/aromatic N) is 4. The van der Waals surface area contributed by atoms with Crippen LogP contribution in [-0.2, 0) is 12.8 Å². The van der Waals surface area contributed by atoms with E-state index in [9.17, 15) is 0 Å². The lowest BCUT2D eigenvalue weighted by molar-refractivity contribution is 0.572. The van der Waals surface area contributed by atoms with Gasteiger partial charge in [-0.2, -0.15) is 21.0 Å². The molecule has 6 nitrogen and oxygen atoms in total. The highest BCUT2D eigenvalue weighted by molar-refractivity contribution is 7.19. The zero-order chi connectivity index (χ0) is 25.2. The van der Waals surface area contributed by atoms with E-state index in [0.29, 0.717) is 11.5 Å². The van der Waals surface area contributed by atoms with E-state index in [2.05, 4.69) is 13.8 Å². The van der Waals surface area contributed by atoms with Gasteiger partial charge in [0.2, 0.25) is 0 Å². The fourth-order valence-electron chi connectivity index (χ4n) is 3.45. The molecule has 0 aliphatic rings. The second kappa shape index (κ2) is 11.9. The van der Waals surface area contributed by atoms with E-state index in [0.717, 1.165) is 34.1 Å². The van der Waals surface area contributed by atoms with Gasteiger partial charge in [0.05, 0.1) is 9.75 Å². The second-order valence-electron chi connectivity index (χ2n) is 7.15. The van der Waals surface area contributed by atoms with E-state index in [1.54, 1.807) is 35.6 Å². The maximum Gasteiger partial charge on any atom is 0.145 e. The van der Waals surface area contributed by atoms with Crippen molar-refractivity contribution in [3.63, 3.8) is 0 Å². The Morgan fingerprint density at radius 1 is 0.714 bits per heavy atom. The summed E-state index contributed by atoms with van der Waals surface area (Å²) in [4.78, 5) is 2.07. The molecule has 0 amide bonds. The average Bonchev–Trinajstić information content (AvgIpc) is 3.62. The summed E-state index contributed by atoms with van der Waals surface area (Å²) >= 11 is 1.61. The minimum atomic E-state index is 0.0241. The summed E-state index contributed by atoms with van der Waals surface area (Å²) in [6, 6.07) is 14.8. The largest absolute Gasteiger partial charge is 0.456 e. The lowest BCUT2D eigenvalue weighted by atomic mass is 10.0. The number of allylic oxidation sites excluding steroid dienone is 6. The van der Waals surface area contributed by atoms with Gasteiger partial charge in [-0.05, 0) is 72.5 Å². The van der Waals surface area contributed by atoms with Crippen molar-refractivity contribution in [3.8, 4) is 45.6 Å². The summed E-state index contributed by atoms with van der Waals surface area (Å²) in [6.07, 6.45) is 11.2. The molecule has 3 aromatic heterocycles. The number of furan rings is 2. The quantitative estimate of drug-likeness (QED) is 0.247. The normalized spacial score (nSPS) is 10.5. The minimum absolute atomic E-state index is 0.0241. The van der Waals surface area contributed by atoms with Crippen molar-refractivity contribution in [2.45, 2.75) is 26.7 Å². The maximum absolute atomic E-state index is 8.83. The van der Waals surface area contributed by atoms with E-state index < -0.39 is 0 Å². The summed E-state index contributed by atoms with van der Waals surface area (Å²) in [5.41, 5.74) is 2.46. The van der Waals surface area contributed by atoms with Gasteiger partial charge in [0.25, 0.3) is 0 Å². The number of nitriles is 4. The highest BCUT2D eigenvalue weighted by Gasteiger charge is 2.21. The SMILES string of the molecule is CCc1c(-c2ccc(/C=C/C=C(C#N)C#N)o2)sc(-c2ccc(/C=C/C=C(C#N)C#N)o2)c1CC. The first-order valence-corrected chi connectivity index (χ1v) is 11.6. The van der Waals surface area contributed by atoms with Gasteiger partial charge in [0, 0.05) is 0 Å². The number of hydrogen-bond acceptors (Lipinski definition) is 7. The van der Waals surface area contributed by atoms with Gasteiger partial charge < -0.3 is 8.83 Å². The summed E-state index contributed by atoms with van der Waals surface area (Å²) in [7, 11) is 0. The Labute approximate surface area is 207 Å². The van der Waals surface area contributed by atoms with Crippen LogP contribution in [0.4, 0.5) is 0 Å². The van der Waals surface area contributed by atoms with Gasteiger partial charge in [-0.15, -0.1) is 11.3 Å². The van der Waals surface area contributed by atoms with Crippen LogP contribution >= 0.6 is 11.3 Å².